The highest BCUT2D eigenvalue weighted by atomic mass is 79.9. The van der Waals surface area contributed by atoms with Crippen LogP contribution in [0.3, 0.4) is 0 Å². The Bertz CT molecular complexity index is 255. The summed E-state index contributed by atoms with van der Waals surface area (Å²) in [5.41, 5.74) is 0.903. The van der Waals surface area contributed by atoms with Crippen molar-refractivity contribution >= 4 is 20.4 Å². The van der Waals surface area contributed by atoms with Gasteiger partial charge in [0.05, 0.1) is 0 Å². The van der Waals surface area contributed by atoms with Crippen LogP contribution in [0.15, 0.2) is 30.8 Å². The zero-order valence-electron chi connectivity index (χ0n) is 5.34. The lowest BCUT2D eigenvalue weighted by molar-refractivity contribution is 0.475. The van der Waals surface area contributed by atoms with Crippen molar-refractivity contribution in [3.63, 3.8) is 0 Å². The minimum atomic E-state index is 0.262. The fourth-order valence-electron chi connectivity index (χ4n) is 0.675. The Morgan fingerprint density at radius 2 is 2.20 bits per heavy atom. The van der Waals surface area contributed by atoms with Crippen LogP contribution in [0.1, 0.15) is 5.56 Å². The Morgan fingerprint density at radius 1 is 1.50 bits per heavy atom. The van der Waals surface area contributed by atoms with Crippen molar-refractivity contribution < 1.29 is 5.11 Å². The van der Waals surface area contributed by atoms with Gasteiger partial charge in [0, 0.05) is 4.48 Å². The maximum Gasteiger partial charge on any atom is 0.116 e. The molecule has 1 aromatic carbocycles. The van der Waals surface area contributed by atoms with Crippen LogP contribution in [0, 0.1) is 0 Å². The molecule has 1 N–H and O–H groups in total. The third-order valence-electron chi connectivity index (χ3n) is 1.16. The molecule has 1 aromatic rings. The predicted octanol–water partition coefficient (Wildman–Crippen LogP) is 2.76. The fourth-order valence-corrected chi connectivity index (χ4v) is 0.921. The van der Waals surface area contributed by atoms with Gasteiger partial charge >= 0.3 is 0 Å². The van der Waals surface area contributed by atoms with E-state index in [-0.39, 0.29) is 5.75 Å². The molecule has 0 radical (unpaired) electrons. The maximum absolute atomic E-state index is 9.00. The summed E-state index contributed by atoms with van der Waals surface area (Å²) in [6.07, 6.45) is 0. The molecular formula is C8H7BrO. The van der Waals surface area contributed by atoms with Gasteiger partial charge in [-0.05, 0) is 17.7 Å². The van der Waals surface area contributed by atoms with Crippen molar-refractivity contribution in [1.29, 1.82) is 0 Å². The van der Waals surface area contributed by atoms with E-state index >= 15 is 0 Å². The summed E-state index contributed by atoms with van der Waals surface area (Å²) >= 11 is 3.21. The standard InChI is InChI=1S/C8H7BrO/c1-6(9)7-3-2-4-8(10)5-7/h2-5,10H,1H2. The number of rotatable bonds is 1. The van der Waals surface area contributed by atoms with Gasteiger partial charge in [-0.15, -0.1) is 0 Å². The van der Waals surface area contributed by atoms with E-state index in [4.69, 9.17) is 5.11 Å². The normalized spacial score (nSPS) is 9.30. The first kappa shape index (κ1) is 7.35. The molecule has 0 unspecified atom stereocenters. The smallest absolute Gasteiger partial charge is 0.116 e. The van der Waals surface area contributed by atoms with Crippen LogP contribution < -0.4 is 0 Å². The Labute approximate surface area is 68.1 Å². The highest BCUT2D eigenvalue weighted by Gasteiger charge is 1.93. The van der Waals surface area contributed by atoms with Crippen LogP contribution in [-0.4, -0.2) is 5.11 Å². The van der Waals surface area contributed by atoms with Crippen LogP contribution in [0.2, 0.25) is 0 Å². The average molecular weight is 199 g/mol. The van der Waals surface area contributed by atoms with E-state index in [0.717, 1.165) is 10.0 Å². The summed E-state index contributed by atoms with van der Waals surface area (Å²) < 4.78 is 0.781. The van der Waals surface area contributed by atoms with Crippen molar-refractivity contribution in [3.05, 3.63) is 36.4 Å². The second kappa shape index (κ2) is 2.88. The quantitative estimate of drug-likeness (QED) is 0.737. The highest BCUT2D eigenvalue weighted by Crippen LogP contribution is 2.21. The summed E-state index contributed by atoms with van der Waals surface area (Å²) in [7, 11) is 0. The summed E-state index contributed by atoms with van der Waals surface area (Å²) in [6.45, 7) is 3.67. The van der Waals surface area contributed by atoms with Crippen LogP contribution in [0.25, 0.3) is 4.48 Å². The molecule has 10 heavy (non-hydrogen) atoms. The van der Waals surface area contributed by atoms with Crippen molar-refractivity contribution in [2.45, 2.75) is 0 Å². The molecule has 0 amide bonds. The summed E-state index contributed by atoms with van der Waals surface area (Å²) in [5.74, 6) is 0.262. The van der Waals surface area contributed by atoms with Crippen molar-refractivity contribution in [2.24, 2.45) is 0 Å². The number of benzene rings is 1. The van der Waals surface area contributed by atoms with Gasteiger partial charge in [0.2, 0.25) is 0 Å². The van der Waals surface area contributed by atoms with Gasteiger partial charge in [0.25, 0.3) is 0 Å². The number of halogens is 1. The molecule has 0 aromatic heterocycles. The first-order valence-corrected chi connectivity index (χ1v) is 3.63. The number of aromatic hydroxyl groups is 1. The van der Waals surface area contributed by atoms with Crippen molar-refractivity contribution in [2.75, 3.05) is 0 Å². The number of phenols is 1. The number of hydrogen-bond donors (Lipinski definition) is 1. The molecule has 0 aliphatic heterocycles. The van der Waals surface area contributed by atoms with E-state index in [1.165, 1.54) is 0 Å². The summed E-state index contributed by atoms with van der Waals surface area (Å²) in [4.78, 5) is 0. The van der Waals surface area contributed by atoms with Crippen LogP contribution in [0.5, 0.6) is 5.75 Å². The average Bonchev–Trinajstić information content (AvgIpc) is 1.88. The zero-order chi connectivity index (χ0) is 7.56. The first-order valence-electron chi connectivity index (χ1n) is 2.84. The molecule has 2 heteroatoms. The largest absolute Gasteiger partial charge is 0.508 e. The van der Waals surface area contributed by atoms with Crippen molar-refractivity contribution in [3.8, 4) is 5.75 Å². The molecule has 1 nitrogen and oxygen atoms in total. The maximum atomic E-state index is 9.00. The number of phenolic OH excluding ortho intramolecular Hbond substituents is 1. The lowest BCUT2D eigenvalue weighted by Gasteiger charge is -1.96. The molecule has 1 rings (SSSR count). The fraction of sp³-hybridized carbons (Fsp3) is 0. The van der Waals surface area contributed by atoms with E-state index in [9.17, 15) is 0 Å². The van der Waals surface area contributed by atoms with Gasteiger partial charge in [0.15, 0.2) is 0 Å². The van der Waals surface area contributed by atoms with E-state index in [0.29, 0.717) is 0 Å². The van der Waals surface area contributed by atoms with Gasteiger partial charge in [-0.25, -0.2) is 0 Å². The van der Waals surface area contributed by atoms with Crippen LogP contribution >= 0.6 is 15.9 Å². The Kier molecular flexibility index (Phi) is 2.12. The lowest BCUT2D eigenvalue weighted by Crippen LogP contribution is -1.72. The van der Waals surface area contributed by atoms with E-state index in [2.05, 4.69) is 22.5 Å². The van der Waals surface area contributed by atoms with E-state index in [1.54, 1.807) is 18.2 Å². The predicted molar refractivity (Wildman–Crippen MR) is 46.1 cm³/mol. The SMILES string of the molecule is C=C(Br)c1cccc(O)c1. The molecule has 0 heterocycles. The third-order valence-corrected chi connectivity index (χ3v) is 1.62. The summed E-state index contributed by atoms with van der Waals surface area (Å²) in [6, 6.07) is 6.92. The third kappa shape index (κ3) is 1.61. The van der Waals surface area contributed by atoms with Gasteiger partial charge in [-0.1, -0.05) is 34.6 Å². The minimum Gasteiger partial charge on any atom is -0.508 e. The second-order valence-electron chi connectivity index (χ2n) is 1.96. The van der Waals surface area contributed by atoms with Gasteiger partial charge < -0.3 is 5.11 Å². The van der Waals surface area contributed by atoms with E-state index < -0.39 is 0 Å². The van der Waals surface area contributed by atoms with Crippen molar-refractivity contribution in [1.82, 2.24) is 0 Å². The molecule has 0 saturated carbocycles. The molecule has 0 fully saturated rings. The molecule has 52 valence electrons. The molecule has 0 aliphatic rings. The Hall–Kier alpha value is -0.760. The first-order chi connectivity index (χ1) is 4.70. The van der Waals surface area contributed by atoms with Crippen LogP contribution in [-0.2, 0) is 0 Å². The molecule has 0 aliphatic carbocycles. The molecule has 0 spiro atoms. The number of hydrogen-bond acceptors (Lipinski definition) is 1. The topological polar surface area (TPSA) is 20.2 Å². The lowest BCUT2D eigenvalue weighted by atomic mass is 10.2. The van der Waals surface area contributed by atoms with E-state index in [1.807, 2.05) is 6.07 Å². The molecular weight excluding hydrogens is 192 g/mol. The second-order valence-corrected chi connectivity index (χ2v) is 2.91. The van der Waals surface area contributed by atoms with Gasteiger partial charge in [0.1, 0.15) is 5.75 Å². The van der Waals surface area contributed by atoms with Gasteiger partial charge in [-0.2, -0.15) is 0 Å². The minimum absolute atomic E-state index is 0.262. The van der Waals surface area contributed by atoms with Gasteiger partial charge in [-0.3, -0.25) is 0 Å². The highest BCUT2D eigenvalue weighted by molar-refractivity contribution is 9.15. The molecule has 0 saturated heterocycles. The Morgan fingerprint density at radius 3 is 2.60 bits per heavy atom. The molecule has 0 bridgehead atoms. The molecule has 0 atom stereocenters. The van der Waals surface area contributed by atoms with Crippen LogP contribution in [0.4, 0.5) is 0 Å². The monoisotopic (exact) mass is 198 g/mol. The summed E-state index contributed by atoms with van der Waals surface area (Å²) in [5, 5.41) is 9.00. The Balaban J connectivity index is 3.07. The zero-order valence-corrected chi connectivity index (χ0v) is 6.93.